The molecule has 0 unspecified atom stereocenters. The van der Waals surface area contributed by atoms with Crippen LogP contribution in [0.15, 0.2) is 66.7 Å². The number of carbonyl (C=O) groups excluding carboxylic acids is 2. The van der Waals surface area contributed by atoms with Crippen molar-refractivity contribution in [1.82, 2.24) is 5.32 Å². The van der Waals surface area contributed by atoms with Crippen LogP contribution in [-0.4, -0.2) is 25.7 Å². The SMILES string of the molecule is COc1ccc(C(=O)Nc2ccccc2C(=O)NCc2ccc3c(c2)OCO3)cc1. The van der Waals surface area contributed by atoms with Gasteiger partial charge in [-0.3, -0.25) is 9.59 Å². The van der Waals surface area contributed by atoms with Crippen molar-refractivity contribution >= 4 is 17.5 Å². The van der Waals surface area contributed by atoms with Crippen molar-refractivity contribution < 1.29 is 23.8 Å². The molecule has 7 heteroatoms. The van der Waals surface area contributed by atoms with Gasteiger partial charge >= 0.3 is 0 Å². The van der Waals surface area contributed by atoms with E-state index in [0.717, 1.165) is 5.56 Å². The molecule has 0 aliphatic carbocycles. The molecule has 7 nitrogen and oxygen atoms in total. The normalized spacial score (nSPS) is 11.6. The highest BCUT2D eigenvalue weighted by molar-refractivity contribution is 6.09. The van der Waals surface area contributed by atoms with Gasteiger partial charge in [0.2, 0.25) is 6.79 Å². The third kappa shape index (κ3) is 4.20. The third-order valence-corrected chi connectivity index (χ3v) is 4.66. The largest absolute Gasteiger partial charge is 0.497 e. The molecule has 1 aliphatic rings. The molecule has 3 aromatic carbocycles. The minimum atomic E-state index is -0.311. The highest BCUT2D eigenvalue weighted by Gasteiger charge is 2.16. The van der Waals surface area contributed by atoms with Gasteiger partial charge in [0.05, 0.1) is 18.4 Å². The topological polar surface area (TPSA) is 85.9 Å². The number of hydrogen-bond acceptors (Lipinski definition) is 5. The number of ether oxygens (including phenoxy) is 3. The maximum atomic E-state index is 12.7. The van der Waals surface area contributed by atoms with Gasteiger partial charge in [-0.25, -0.2) is 0 Å². The van der Waals surface area contributed by atoms with Gasteiger partial charge in [0.1, 0.15) is 5.75 Å². The smallest absolute Gasteiger partial charge is 0.255 e. The average molecular weight is 404 g/mol. The first-order valence-electron chi connectivity index (χ1n) is 9.35. The average Bonchev–Trinajstić information content (AvgIpc) is 3.26. The van der Waals surface area contributed by atoms with E-state index in [-0.39, 0.29) is 18.6 Å². The van der Waals surface area contributed by atoms with Crippen molar-refractivity contribution in [3.8, 4) is 17.2 Å². The van der Waals surface area contributed by atoms with Gasteiger partial charge in [-0.05, 0) is 54.1 Å². The molecular formula is C23H20N2O5. The van der Waals surface area contributed by atoms with E-state index in [9.17, 15) is 9.59 Å². The lowest BCUT2D eigenvalue weighted by Crippen LogP contribution is -2.24. The summed E-state index contributed by atoms with van der Waals surface area (Å²) < 4.78 is 15.8. The van der Waals surface area contributed by atoms with Crippen LogP contribution in [0.5, 0.6) is 17.2 Å². The number of carbonyl (C=O) groups is 2. The Morgan fingerprint density at radius 3 is 2.50 bits per heavy atom. The standard InChI is InChI=1S/C23H20N2O5/c1-28-17-9-7-16(8-10-17)22(26)25-19-5-3-2-4-18(19)23(27)24-13-15-6-11-20-21(12-15)30-14-29-20/h2-12H,13-14H2,1H3,(H,24,27)(H,25,26). The van der Waals surface area contributed by atoms with E-state index in [4.69, 9.17) is 14.2 Å². The molecular weight excluding hydrogens is 384 g/mol. The van der Waals surface area contributed by atoms with E-state index in [0.29, 0.717) is 40.6 Å². The zero-order valence-electron chi connectivity index (χ0n) is 16.3. The molecule has 0 spiro atoms. The van der Waals surface area contributed by atoms with Crippen LogP contribution in [0.4, 0.5) is 5.69 Å². The summed E-state index contributed by atoms with van der Waals surface area (Å²) in [4.78, 5) is 25.3. The highest BCUT2D eigenvalue weighted by atomic mass is 16.7. The van der Waals surface area contributed by atoms with Crippen molar-refractivity contribution in [3.63, 3.8) is 0 Å². The molecule has 4 rings (SSSR count). The molecule has 0 atom stereocenters. The molecule has 0 radical (unpaired) electrons. The Hall–Kier alpha value is -4.00. The number of amides is 2. The Balaban J connectivity index is 1.44. The van der Waals surface area contributed by atoms with Crippen LogP contribution in [-0.2, 0) is 6.54 Å². The zero-order valence-corrected chi connectivity index (χ0v) is 16.3. The van der Waals surface area contributed by atoms with Crippen molar-refractivity contribution in [3.05, 3.63) is 83.4 Å². The van der Waals surface area contributed by atoms with Gasteiger partial charge in [0, 0.05) is 12.1 Å². The van der Waals surface area contributed by atoms with Crippen molar-refractivity contribution in [2.45, 2.75) is 6.54 Å². The lowest BCUT2D eigenvalue weighted by atomic mass is 10.1. The first-order valence-corrected chi connectivity index (χ1v) is 9.35. The van der Waals surface area contributed by atoms with Crippen LogP contribution in [0.1, 0.15) is 26.3 Å². The lowest BCUT2D eigenvalue weighted by molar-refractivity contribution is 0.0951. The number of rotatable bonds is 6. The van der Waals surface area contributed by atoms with Gasteiger partial charge in [-0.15, -0.1) is 0 Å². The second-order valence-electron chi connectivity index (χ2n) is 6.60. The molecule has 0 bridgehead atoms. The van der Waals surface area contributed by atoms with E-state index < -0.39 is 0 Å². The van der Waals surface area contributed by atoms with Crippen LogP contribution >= 0.6 is 0 Å². The van der Waals surface area contributed by atoms with Gasteiger partial charge in [-0.2, -0.15) is 0 Å². The Morgan fingerprint density at radius 2 is 1.70 bits per heavy atom. The number of hydrogen-bond donors (Lipinski definition) is 2. The maximum absolute atomic E-state index is 12.7. The number of para-hydroxylation sites is 1. The highest BCUT2D eigenvalue weighted by Crippen LogP contribution is 2.32. The Morgan fingerprint density at radius 1 is 0.933 bits per heavy atom. The number of benzene rings is 3. The molecule has 152 valence electrons. The molecule has 0 saturated heterocycles. The van der Waals surface area contributed by atoms with Gasteiger partial charge in [0.25, 0.3) is 11.8 Å². The van der Waals surface area contributed by atoms with Crippen LogP contribution in [0.2, 0.25) is 0 Å². The zero-order chi connectivity index (χ0) is 20.9. The summed E-state index contributed by atoms with van der Waals surface area (Å²) >= 11 is 0. The quantitative estimate of drug-likeness (QED) is 0.656. The summed E-state index contributed by atoms with van der Waals surface area (Å²) in [6.45, 7) is 0.517. The van der Waals surface area contributed by atoms with Crippen LogP contribution < -0.4 is 24.8 Å². The number of anilines is 1. The number of methoxy groups -OCH3 is 1. The van der Waals surface area contributed by atoms with E-state index >= 15 is 0 Å². The minimum Gasteiger partial charge on any atom is -0.497 e. The van der Waals surface area contributed by atoms with Crippen molar-refractivity contribution in [2.24, 2.45) is 0 Å². The predicted octanol–water partition coefficient (Wildman–Crippen LogP) is 3.61. The van der Waals surface area contributed by atoms with Crippen LogP contribution in [0, 0.1) is 0 Å². The summed E-state index contributed by atoms with van der Waals surface area (Å²) in [5.74, 6) is 1.41. The Bertz CT molecular complexity index is 1080. The Labute approximate surface area is 173 Å². The van der Waals surface area contributed by atoms with E-state index in [2.05, 4.69) is 10.6 Å². The molecule has 30 heavy (non-hydrogen) atoms. The third-order valence-electron chi connectivity index (χ3n) is 4.66. The van der Waals surface area contributed by atoms with Crippen molar-refractivity contribution in [1.29, 1.82) is 0 Å². The maximum Gasteiger partial charge on any atom is 0.255 e. The first kappa shape index (κ1) is 19.3. The number of nitrogens with one attached hydrogen (secondary N) is 2. The van der Waals surface area contributed by atoms with E-state index in [1.165, 1.54) is 0 Å². The van der Waals surface area contributed by atoms with Gasteiger partial charge < -0.3 is 24.8 Å². The molecule has 2 amide bonds. The fourth-order valence-corrected chi connectivity index (χ4v) is 3.06. The molecule has 2 N–H and O–H groups in total. The Kier molecular flexibility index (Phi) is 5.52. The molecule has 1 aliphatic heterocycles. The molecule has 3 aromatic rings. The van der Waals surface area contributed by atoms with Gasteiger partial charge in [0.15, 0.2) is 11.5 Å². The monoisotopic (exact) mass is 404 g/mol. The number of fused-ring (bicyclic) bond motifs is 1. The second-order valence-corrected chi connectivity index (χ2v) is 6.60. The summed E-state index contributed by atoms with van der Waals surface area (Å²) in [6, 6.07) is 19.1. The predicted molar refractivity (Wildman–Crippen MR) is 111 cm³/mol. The van der Waals surface area contributed by atoms with E-state index in [1.54, 1.807) is 55.6 Å². The molecule has 1 heterocycles. The van der Waals surface area contributed by atoms with Crippen LogP contribution in [0.25, 0.3) is 0 Å². The summed E-state index contributed by atoms with van der Waals surface area (Å²) in [5, 5.41) is 5.67. The fourth-order valence-electron chi connectivity index (χ4n) is 3.06. The van der Waals surface area contributed by atoms with E-state index in [1.807, 2.05) is 18.2 Å². The van der Waals surface area contributed by atoms with Gasteiger partial charge in [-0.1, -0.05) is 18.2 Å². The lowest BCUT2D eigenvalue weighted by Gasteiger charge is -2.12. The molecule has 0 aromatic heterocycles. The second kappa shape index (κ2) is 8.57. The summed E-state index contributed by atoms with van der Waals surface area (Å²) in [6.07, 6.45) is 0. The van der Waals surface area contributed by atoms with Crippen molar-refractivity contribution in [2.75, 3.05) is 19.2 Å². The summed E-state index contributed by atoms with van der Waals surface area (Å²) in [5.41, 5.74) is 2.15. The molecule has 0 fully saturated rings. The fraction of sp³-hybridized carbons (Fsp3) is 0.130. The summed E-state index contributed by atoms with van der Waals surface area (Å²) in [7, 11) is 1.56. The molecule has 0 saturated carbocycles. The van der Waals surface area contributed by atoms with Crippen LogP contribution in [0.3, 0.4) is 0 Å². The first-order chi connectivity index (χ1) is 14.6. The minimum absolute atomic E-state index is 0.201.